The molecule has 0 spiro atoms. The van der Waals surface area contributed by atoms with Crippen LogP contribution in [-0.2, 0) is 0 Å². The molecule has 1 aromatic heterocycles. The smallest absolute Gasteiger partial charge is 0.315 e. The lowest BCUT2D eigenvalue weighted by Gasteiger charge is -2.26. The number of furan rings is 1. The van der Waals surface area contributed by atoms with E-state index in [9.17, 15) is 4.79 Å². The normalized spacial score (nSPS) is 17.0. The number of nitrogens with one attached hydrogen (secondary N) is 2. The summed E-state index contributed by atoms with van der Waals surface area (Å²) in [5.41, 5.74) is 1.05. The zero-order valence-corrected chi connectivity index (χ0v) is 15.8. The zero-order valence-electron chi connectivity index (χ0n) is 15.1. The van der Waals surface area contributed by atoms with Crippen molar-refractivity contribution in [3.63, 3.8) is 0 Å². The molecule has 2 amide bonds. The molecule has 6 heteroatoms. The maximum atomic E-state index is 12.4. The molecular formula is C20H26ClN3O2. The van der Waals surface area contributed by atoms with Crippen LogP contribution >= 0.6 is 11.6 Å². The molecule has 5 nitrogen and oxygen atoms in total. The summed E-state index contributed by atoms with van der Waals surface area (Å²) in [5.74, 6) is 0.900. The molecule has 1 aliphatic heterocycles. The molecule has 2 unspecified atom stereocenters. The highest BCUT2D eigenvalue weighted by molar-refractivity contribution is 6.30. The van der Waals surface area contributed by atoms with Gasteiger partial charge in [-0.15, -0.1) is 0 Å². The van der Waals surface area contributed by atoms with Crippen molar-refractivity contribution in [3.05, 3.63) is 59.0 Å². The molecule has 0 bridgehead atoms. The molecule has 3 rings (SSSR count). The monoisotopic (exact) mass is 375 g/mol. The molecule has 1 saturated heterocycles. The summed E-state index contributed by atoms with van der Waals surface area (Å²) in [5, 5.41) is 6.76. The second-order valence-corrected chi connectivity index (χ2v) is 7.08. The molecule has 2 aromatic rings. The van der Waals surface area contributed by atoms with E-state index in [1.54, 1.807) is 6.26 Å². The first kappa shape index (κ1) is 18.8. The standard InChI is InChI=1S/C20H26ClN3O2/c1-2-17(15-7-9-16(21)10-8-15)23-20(25)22-14-18(19-6-5-13-26-19)24-11-3-4-12-24/h5-10,13,17-18H,2-4,11-12,14H2,1H3,(H2,22,23,25). The van der Waals surface area contributed by atoms with Crippen LogP contribution in [0.3, 0.4) is 0 Å². The third-order valence-corrected chi connectivity index (χ3v) is 5.15. The lowest BCUT2D eigenvalue weighted by atomic mass is 10.1. The summed E-state index contributed by atoms with van der Waals surface area (Å²) < 4.78 is 5.60. The van der Waals surface area contributed by atoms with Gasteiger partial charge in [0.15, 0.2) is 0 Å². The van der Waals surface area contributed by atoms with Gasteiger partial charge in [-0.25, -0.2) is 4.79 Å². The Morgan fingerprint density at radius 1 is 1.23 bits per heavy atom. The summed E-state index contributed by atoms with van der Waals surface area (Å²) in [6, 6.07) is 11.3. The fourth-order valence-electron chi connectivity index (χ4n) is 3.46. The van der Waals surface area contributed by atoms with E-state index in [0.29, 0.717) is 11.6 Å². The van der Waals surface area contributed by atoms with Crippen molar-refractivity contribution in [1.29, 1.82) is 0 Å². The Hall–Kier alpha value is -1.98. The van der Waals surface area contributed by atoms with E-state index in [1.165, 1.54) is 12.8 Å². The van der Waals surface area contributed by atoms with Crippen molar-refractivity contribution in [2.45, 2.75) is 38.3 Å². The Balaban J connectivity index is 1.58. The molecule has 2 N–H and O–H groups in total. The van der Waals surface area contributed by atoms with Gasteiger partial charge in [0.1, 0.15) is 5.76 Å². The summed E-state index contributed by atoms with van der Waals surface area (Å²) in [7, 11) is 0. The second kappa shape index (κ2) is 9.10. The summed E-state index contributed by atoms with van der Waals surface area (Å²) in [6.07, 6.45) is 4.88. The molecular weight excluding hydrogens is 350 g/mol. The molecule has 0 aliphatic carbocycles. The topological polar surface area (TPSA) is 57.5 Å². The molecule has 0 radical (unpaired) electrons. The number of hydrogen-bond donors (Lipinski definition) is 2. The largest absolute Gasteiger partial charge is 0.468 e. The first-order chi connectivity index (χ1) is 12.7. The quantitative estimate of drug-likeness (QED) is 0.748. The zero-order chi connectivity index (χ0) is 18.4. The van der Waals surface area contributed by atoms with Crippen LogP contribution in [0.25, 0.3) is 0 Å². The van der Waals surface area contributed by atoms with Crippen LogP contribution < -0.4 is 10.6 Å². The Bertz CT molecular complexity index is 682. The second-order valence-electron chi connectivity index (χ2n) is 6.64. The number of carbonyl (C=O) groups is 1. The molecule has 26 heavy (non-hydrogen) atoms. The Morgan fingerprint density at radius 3 is 2.58 bits per heavy atom. The van der Waals surface area contributed by atoms with Gasteiger partial charge in [-0.3, -0.25) is 4.90 Å². The number of carbonyl (C=O) groups excluding carboxylic acids is 1. The fourth-order valence-corrected chi connectivity index (χ4v) is 3.58. The van der Waals surface area contributed by atoms with Crippen LogP contribution in [0.1, 0.15) is 49.6 Å². The predicted octanol–water partition coefficient (Wildman–Crippen LogP) is 4.52. The molecule has 1 aliphatic rings. The Morgan fingerprint density at radius 2 is 1.96 bits per heavy atom. The minimum Gasteiger partial charge on any atom is -0.468 e. The average molecular weight is 376 g/mol. The maximum absolute atomic E-state index is 12.4. The maximum Gasteiger partial charge on any atom is 0.315 e. The number of halogens is 1. The van der Waals surface area contributed by atoms with Gasteiger partial charge in [0.05, 0.1) is 18.3 Å². The molecule has 0 saturated carbocycles. The number of amides is 2. The van der Waals surface area contributed by atoms with Crippen molar-refractivity contribution in [1.82, 2.24) is 15.5 Å². The van der Waals surface area contributed by atoms with E-state index < -0.39 is 0 Å². The van der Waals surface area contributed by atoms with Crippen molar-refractivity contribution in [3.8, 4) is 0 Å². The summed E-state index contributed by atoms with van der Waals surface area (Å²) >= 11 is 5.95. The molecule has 2 atom stereocenters. The number of rotatable bonds is 7. The van der Waals surface area contributed by atoms with Gasteiger partial charge in [-0.05, 0) is 62.2 Å². The van der Waals surface area contributed by atoms with E-state index in [2.05, 4.69) is 22.5 Å². The van der Waals surface area contributed by atoms with Crippen LogP contribution in [0.2, 0.25) is 5.02 Å². The van der Waals surface area contributed by atoms with Crippen LogP contribution in [0.5, 0.6) is 0 Å². The van der Waals surface area contributed by atoms with Gasteiger partial charge < -0.3 is 15.1 Å². The highest BCUT2D eigenvalue weighted by atomic mass is 35.5. The van der Waals surface area contributed by atoms with E-state index in [-0.39, 0.29) is 18.1 Å². The van der Waals surface area contributed by atoms with E-state index >= 15 is 0 Å². The van der Waals surface area contributed by atoms with E-state index in [0.717, 1.165) is 30.8 Å². The third kappa shape index (κ3) is 4.80. The Labute approximate surface area is 159 Å². The molecule has 2 heterocycles. The van der Waals surface area contributed by atoms with Gasteiger partial charge in [-0.2, -0.15) is 0 Å². The van der Waals surface area contributed by atoms with Crippen molar-refractivity contribution < 1.29 is 9.21 Å². The van der Waals surface area contributed by atoms with Crippen LogP contribution in [0.4, 0.5) is 4.79 Å². The third-order valence-electron chi connectivity index (χ3n) is 4.89. The van der Waals surface area contributed by atoms with Gasteiger partial charge in [0.25, 0.3) is 0 Å². The summed E-state index contributed by atoms with van der Waals surface area (Å²) in [6.45, 7) is 4.65. The van der Waals surface area contributed by atoms with Crippen molar-refractivity contribution >= 4 is 17.6 Å². The van der Waals surface area contributed by atoms with Gasteiger partial charge in [0, 0.05) is 11.6 Å². The predicted molar refractivity (Wildman–Crippen MR) is 103 cm³/mol. The van der Waals surface area contributed by atoms with Crippen LogP contribution in [0, 0.1) is 0 Å². The number of likely N-dealkylation sites (tertiary alicyclic amines) is 1. The lowest BCUT2D eigenvalue weighted by molar-refractivity contribution is 0.202. The number of nitrogens with zero attached hydrogens (tertiary/aromatic N) is 1. The Kier molecular flexibility index (Phi) is 6.58. The molecule has 1 aromatic carbocycles. The molecule has 140 valence electrons. The number of hydrogen-bond acceptors (Lipinski definition) is 3. The highest BCUT2D eigenvalue weighted by Gasteiger charge is 2.26. The number of benzene rings is 1. The van der Waals surface area contributed by atoms with Crippen molar-refractivity contribution in [2.75, 3.05) is 19.6 Å². The lowest BCUT2D eigenvalue weighted by Crippen LogP contribution is -2.42. The SMILES string of the molecule is CCC(NC(=O)NCC(c1ccco1)N1CCCC1)c1ccc(Cl)cc1. The van der Waals surface area contributed by atoms with Gasteiger partial charge in [-0.1, -0.05) is 30.7 Å². The first-order valence-corrected chi connectivity index (χ1v) is 9.62. The summed E-state index contributed by atoms with van der Waals surface area (Å²) in [4.78, 5) is 14.8. The van der Waals surface area contributed by atoms with Crippen LogP contribution in [-0.4, -0.2) is 30.6 Å². The average Bonchev–Trinajstić information content (AvgIpc) is 3.35. The number of urea groups is 1. The van der Waals surface area contributed by atoms with Gasteiger partial charge in [0.2, 0.25) is 0 Å². The first-order valence-electron chi connectivity index (χ1n) is 9.24. The minimum absolute atomic E-state index is 0.0406. The minimum atomic E-state index is -0.164. The van der Waals surface area contributed by atoms with Crippen molar-refractivity contribution in [2.24, 2.45) is 0 Å². The molecule has 1 fully saturated rings. The van der Waals surface area contributed by atoms with E-state index in [4.69, 9.17) is 16.0 Å². The van der Waals surface area contributed by atoms with E-state index in [1.807, 2.05) is 36.4 Å². The van der Waals surface area contributed by atoms with Gasteiger partial charge >= 0.3 is 6.03 Å². The fraction of sp³-hybridized carbons (Fsp3) is 0.450. The van der Waals surface area contributed by atoms with Crippen LogP contribution in [0.15, 0.2) is 47.1 Å². The highest BCUT2D eigenvalue weighted by Crippen LogP contribution is 2.25.